The van der Waals surface area contributed by atoms with Gasteiger partial charge in [-0.25, -0.2) is 4.98 Å². The standard InChI is InChI=1S/C7H8F3N3O/c8-7(9,10)2-1-5-12-4(11)3-6(14)13-5/h3H,1-2H2,(H3,11,12,13,14). The van der Waals surface area contributed by atoms with Gasteiger partial charge < -0.3 is 10.7 Å². The van der Waals surface area contributed by atoms with Crippen molar-refractivity contribution in [1.82, 2.24) is 9.97 Å². The van der Waals surface area contributed by atoms with Crippen LogP contribution in [0.2, 0.25) is 0 Å². The fourth-order valence-electron chi connectivity index (χ4n) is 0.907. The van der Waals surface area contributed by atoms with Crippen molar-refractivity contribution >= 4 is 5.82 Å². The fraction of sp³-hybridized carbons (Fsp3) is 0.429. The lowest BCUT2D eigenvalue weighted by Gasteiger charge is -2.05. The van der Waals surface area contributed by atoms with E-state index in [-0.39, 0.29) is 18.1 Å². The first-order valence-corrected chi connectivity index (χ1v) is 3.79. The highest BCUT2D eigenvalue weighted by atomic mass is 19.4. The number of nitrogens with two attached hydrogens (primary N) is 1. The molecule has 0 saturated carbocycles. The number of hydrogen-bond acceptors (Lipinski definition) is 3. The van der Waals surface area contributed by atoms with Gasteiger partial charge in [0.05, 0.1) is 6.42 Å². The van der Waals surface area contributed by atoms with Gasteiger partial charge >= 0.3 is 6.18 Å². The molecule has 0 aliphatic rings. The van der Waals surface area contributed by atoms with E-state index in [2.05, 4.69) is 9.97 Å². The molecule has 14 heavy (non-hydrogen) atoms. The van der Waals surface area contributed by atoms with Crippen LogP contribution in [0.1, 0.15) is 12.2 Å². The Morgan fingerprint density at radius 2 is 2.14 bits per heavy atom. The normalized spacial score (nSPS) is 11.6. The molecule has 1 rings (SSSR count). The minimum Gasteiger partial charge on any atom is -0.383 e. The summed E-state index contributed by atoms with van der Waals surface area (Å²) in [6, 6.07) is 1.01. The number of nitrogen functional groups attached to an aromatic ring is 1. The molecular weight excluding hydrogens is 199 g/mol. The average molecular weight is 207 g/mol. The zero-order chi connectivity index (χ0) is 10.8. The molecule has 0 unspecified atom stereocenters. The number of rotatable bonds is 2. The number of aromatic amines is 1. The molecule has 7 heteroatoms. The van der Waals surface area contributed by atoms with Crippen LogP contribution in [0.25, 0.3) is 0 Å². The Labute approximate surface area is 77.0 Å². The Kier molecular flexibility index (Phi) is 2.78. The fourth-order valence-corrected chi connectivity index (χ4v) is 0.907. The highest BCUT2D eigenvalue weighted by Crippen LogP contribution is 2.20. The van der Waals surface area contributed by atoms with Crippen LogP contribution in [0.5, 0.6) is 0 Å². The first-order valence-electron chi connectivity index (χ1n) is 3.79. The number of nitrogens with zero attached hydrogens (tertiary/aromatic N) is 1. The van der Waals surface area contributed by atoms with Crippen LogP contribution in [0.15, 0.2) is 10.9 Å². The van der Waals surface area contributed by atoms with Crippen LogP contribution in [-0.4, -0.2) is 16.1 Å². The van der Waals surface area contributed by atoms with Crippen molar-refractivity contribution < 1.29 is 13.2 Å². The molecule has 3 N–H and O–H groups in total. The van der Waals surface area contributed by atoms with Crippen molar-refractivity contribution in [1.29, 1.82) is 0 Å². The monoisotopic (exact) mass is 207 g/mol. The topological polar surface area (TPSA) is 71.8 Å². The number of alkyl halides is 3. The number of aryl methyl sites for hydroxylation is 1. The average Bonchev–Trinajstić information content (AvgIpc) is 1.97. The van der Waals surface area contributed by atoms with Gasteiger partial charge in [-0.2, -0.15) is 13.2 Å². The van der Waals surface area contributed by atoms with E-state index in [0.29, 0.717) is 0 Å². The Balaban J connectivity index is 2.73. The maximum absolute atomic E-state index is 11.8. The second kappa shape index (κ2) is 3.69. The maximum Gasteiger partial charge on any atom is 0.389 e. The molecule has 1 aromatic rings. The van der Waals surface area contributed by atoms with Crippen LogP contribution in [0.3, 0.4) is 0 Å². The van der Waals surface area contributed by atoms with Crippen LogP contribution in [-0.2, 0) is 6.42 Å². The van der Waals surface area contributed by atoms with Gasteiger partial charge in [0.15, 0.2) is 0 Å². The summed E-state index contributed by atoms with van der Waals surface area (Å²) in [4.78, 5) is 16.5. The van der Waals surface area contributed by atoms with E-state index in [1.165, 1.54) is 0 Å². The minimum absolute atomic E-state index is 0.0488. The number of H-pyrrole nitrogens is 1. The lowest BCUT2D eigenvalue weighted by atomic mass is 10.3. The molecule has 0 atom stereocenters. The summed E-state index contributed by atoms with van der Waals surface area (Å²) in [5.74, 6) is -0.127. The van der Waals surface area contributed by atoms with Crippen molar-refractivity contribution in [2.24, 2.45) is 0 Å². The summed E-state index contributed by atoms with van der Waals surface area (Å²) in [6.45, 7) is 0. The SMILES string of the molecule is Nc1cc(=O)[nH]c(CCC(F)(F)F)n1. The molecule has 1 aromatic heterocycles. The predicted octanol–water partition coefficient (Wildman–Crippen LogP) is 0.847. The second-order valence-corrected chi connectivity index (χ2v) is 2.73. The quantitative estimate of drug-likeness (QED) is 0.755. The summed E-state index contributed by atoms with van der Waals surface area (Å²) in [5, 5.41) is 0. The largest absolute Gasteiger partial charge is 0.389 e. The van der Waals surface area contributed by atoms with E-state index < -0.39 is 18.2 Å². The van der Waals surface area contributed by atoms with Crippen molar-refractivity contribution in [2.75, 3.05) is 5.73 Å². The molecule has 0 aromatic carbocycles. The van der Waals surface area contributed by atoms with Gasteiger partial charge in [-0.15, -0.1) is 0 Å². The Morgan fingerprint density at radius 3 is 2.64 bits per heavy atom. The maximum atomic E-state index is 11.8. The van der Waals surface area contributed by atoms with Gasteiger partial charge in [0.2, 0.25) is 0 Å². The highest BCUT2D eigenvalue weighted by Gasteiger charge is 2.26. The second-order valence-electron chi connectivity index (χ2n) is 2.73. The van der Waals surface area contributed by atoms with Crippen molar-refractivity contribution in [3.05, 3.63) is 22.2 Å². The Morgan fingerprint density at radius 1 is 1.50 bits per heavy atom. The third-order valence-corrected chi connectivity index (χ3v) is 1.46. The molecule has 0 radical (unpaired) electrons. The van der Waals surface area contributed by atoms with Gasteiger partial charge in [0.25, 0.3) is 5.56 Å². The molecule has 78 valence electrons. The van der Waals surface area contributed by atoms with E-state index >= 15 is 0 Å². The molecule has 0 saturated heterocycles. The number of hydrogen-bond donors (Lipinski definition) is 2. The molecular formula is C7H8F3N3O. The molecule has 0 amide bonds. The van der Waals surface area contributed by atoms with E-state index in [1.807, 2.05) is 0 Å². The minimum atomic E-state index is -4.26. The van der Waals surface area contributed by atoms with Gasteiger partial charge in [-0.1, -0.05) is 0 Å². The Hall–Kier alpha value is -1.53. The first kappa shape index (κ1) is 10.6. The van der Waals surface area contributed by atoms with Gasteiger partial charge in [0, 0.05) is 12.5 Å². The number of aromatic nitrogens is 2. The first-order chi connectivity index (χ1) is 6.37. The molecule has 0 aliphatic carbocycles. The molecule has 0 spiro atoms. The van der Waals surface area contributed by atoms with Gasteiger partial charge in [0.1, 0.15) is 11.6 Å². The third kappa shape index (κ3) is 3.46. The molecule has 0 fully saturated rings. The number of anilines is 1. The zero-order valence-corrected chi connectivity index (χ0v) is 7.06. The lowest BCUT2D eigenvalue weighted by molar-refractivity contribution is -0.134. The van der Waals surface area contributed by atoms with Crippen LogP contribution in [0, 0.1) is 0 Å². The van der Waals surface area contributed by atoms with Crippen LogP contribution in [0.4, 0.5) is 19.0 Å². The number of nitrogens with one attached hydrogen (secondary N) is 1. The lowest BCUT2D eigenvalue weighted by Crippen LogP contribution is -2.15. The molecule has 1 heterocycles. The van der Waals surface area contributed by atoms with E-state index in [1.54, 1.807) is 0 Å². The van der Waals surface area contributed by atoms with Gasteiger partial charge in [-0.3, -0.25) is 4.79 Å². The zero-order valence-electron chi connectivity index (χ0n) is 7.06. The summed E-state index contributed by atoms with van der Waals surface area (Å²) >= 11 is 0. The number of halogens is 3. The summed E-state index contributed by atoms with van der Waals surface area (Å²) in [5.41, 5.74) is 4.64. The van der Waals surface area contributed by atoms with Crippen molar-refractivity contribution in [3.8, 4) is 0 Å². The third-order valence-electron chi connectivity index (χ3n) is 1.46. The van der Waals surface area contributed by atoms with E-state index in [4.69, 9.17) is 5.73 Å². The van der Waals surface area contributed by atoms with Gasteiger partial charge in [-0.05, 0) is 0 Å². The molecule has 4 nitrogen and oxygen atoms in total. The molecule has 0 aliphatic heterocycles. The van der Waals surface area contributed by atoms with Crippen molar-refractivity contribution in [3.63, 3.8) is 0 Å². The summed E-state index contributed by atoms with van der Waals surface area (Å²) in [6.07, 6.45) is -5.66. The van der Waals surface area contributed by atoms with Crippen molar-refractivity contribution in [2.45, 2.75) is 19.0 Å². The highest BCUT2D eigenvalue weighted by molar-refractivity contribution is 5.25. The van der Waals surface area contributed by atoms with Crippen LogP contribution >= 0.6 is 0 Å². The van der Waals surface area contributed by atoms with Crippen LogP contribution < -0.4 is 11.3 Å². The smallest absolute Gasteiger partial charge is 0.383 e. The van der Waals surface area contributed by atoms with E-state index in [9.17, 15) is 18.0 Å². The van der Waals surface area contributed by atoms with E-state index in [0.717, 1.165) is 6.07 Å². The molecule has 0 bridgehead atoms. The predicted molar refractivity (Wildman–Crippen MR) is 43.6 cm³/mol. The Bertz CT molecular complexity index is 371. The summed E-state index contributed by atoms with van der Waals surface area (Å²) < 4.78 is 35.4. The summed E-state index contributed by atoms with van der Waals surface area (Å²) in [7, 11) is 0.